The van der Waals surface area contributed by atoms with Crippen molar-refractivity contribution in [1.29, 1.82) is 0 Å². The highest BCUT2D eigenvalue weighted by atomic mass is 35.5. The fourth-order valence-electron chi connectivity index (χ4n) is 2.30. The molecule has 0 aliphatic carbocycles. The summed E-state index contributed by atoms with van der Waals surface area (Å²) < 4.78 is 43.9. The van der Waals surface area contributed by atoms with Gasteiger partial charge in [-0.05, 0) is 36.8 Å². The summed E-state index contributed by atoms with van der Waals surface area (Å²) in [5, 5.41) is 10.3. The van der Waals surface area contributed by atoms with Crippen LogP contribution in [0.5, 0.6) is 0 Å². The fraction of sp³-hybridized carbons (Fsp3) is 0.167. The van der Waals surface area contributed by atoms with Gasteiger partial charge in [0, 0.05) is 5.56 Å². The van der Waals surface area contributed by atoms with Crippen LogP contribution in [0.1, 0.15) is 11.1 Å². The van der Waals surface area contributed by atoms with E-state index in [-0.39, 0.29) is 21.7 Å². The molecule has 0 radical (unpaired) electrons. The third kappa shape index (κ3) is 4.85. The zero-order chi connectivity index (χ0) is 20.3. The maximum Gasteiger partial charge on any atom is 0.416 e. The molecule has 0 aliphatic rings. The predicted octanol–water partition coefficient (Wildman–Crippen LogP) is 5.45. The zero-order valence-corrected chi connectivity index (χ0v) is 16.0. The lowest BCUT2D eigenvalue weighted by Crippen LogP contribution is -2.15. The van der Waals surface area contributed by atoms with Gasteiger partial charge >= 0.3 is 6.18 Å². The molecule has 0 atom stereocenters. The summed E-state index contributed by atoms with van der Waals surface area (Å²) in [6.07, 6.45) is -4.53. The van der Waals surface area contributed by atoms with Crippen molar-refractivity contribution in [3.63, 3.8) is 0 Å². The average molecular weight is 428 g/mol. The van der Waals surface area contributed by atoms with E-state index in [2.05, 4.69) is 15.5 Å². The Kier molecular flexibility index (Phi) is 5.95. The summed E-state index contributed by atoms with van der Waals surface area (Å²) >= 11 is 6.83. The predicted molar refractivity (Wildman–Crippen MR) is 100 cm³/mol. The van der Waals surface area contributed by atoms with E-state index in [0.29, 0.717) is 5.89 Å². The Morgan fingerprint density at radius 3 is 2.68 bits per heavy atom. The normalized spacial score (nSPS) is 11.5. The Bertz CT molecular complexity index is 1010. The molecule has 0 saturated carbocycles. The summed E-state index contributed by atoms with van der Waals surface area (Å²) in [7, 11) is 0. The molecule has 2 aromatic carbocycles. The fourth-order valence-corrected chi connectivity index (χ4v) is 3.03. The number of rotatable bonds is 5. The molecule has 3 rings (SSSR count). The van der Waals surface area contributed by atoms with Crippen molar-refractivity contribution in [1.82, 2.24) is 10.2 Å². The number of benzene rings is 2. The van der Waals surface area contributed by atoms with Crippen molar-refractivity contribution in [2.75, 3.05) is 11.1 Å². The minimum atomic E-state index is -4.53. The quantitative estimate of drug-likeness (QED) is 0.548. The van der Waals surface area contributed by atoms with Crippen LogP contribution >= 0.6 is 23.4 Å². The van der Waals surface area contributed by atoms with Crippen LogP contribution in [-0.2, 0) is 11.0 Å². The molecule has 5 nitrogen and oxygen atoms in total. The molecule has 0 aliphatic heterocycles. The summed E-state index contributed by atoms with van der Waals surface area (Å²) in [6.45, 7) is 1.90. The van der Waals surface area contributed by atoms with E-state index in [4.69, 9.17) is 16.0 Å². The minimum Gasteiger partial charge on any atom is -0.411 e. The van der Waals surface area contributed by atoms with Gasteiger partial charge in [0.25, 0.3) is 5.22 Å². The van der Waals surface area contributed by atoms with Gasteiger partial charge in [-0.1, -0.05) is 41.6 Å². The zero-order valence-electron chi connectivity index (χ0n) is 14.4. The summed E-state index contributed by atoms with van der Waals surface area (Å²) in [6, 6.07) is 10.2. The highest BCUT2D eigenvalue weighted by Crippen LogP contribution is 2.34. The molecule has 0 bridgehead atoms. The molecule has 146 valence electrons. The van der Waals surface area contributed by atoms with Gasteiger partial charge in [-0.2, -0.15) is 13.2 Å². The van der Waals surface area contributed by atoms with Crippen molar-refractivity contribution in [2.24, 2.45) is 0 Å². The van der Waals surface area contributed by atoms with Crippen LogP contribution in [0.25, 0.3) is 11.5 Å². The molecule has 1 amide bonds. The molecule has 1 heterocycles. The second-order valence-corrected chi connectivity index (χ2v) is 7.05. The molecule has 0 fully saturated rings. The van der Waals surface area contributed by atoms with Crippen LogP contribution in [-0.4, -0.2) is 21.9 Å². The van der Waals surface area contributed by atoms with Gasteiger partial charge in [-0.3, -0.25) is 4.79 Å². The van der Waals surface area contributed by atoms with Gasteiger partial charge in [0.15, 0.2) is 0 Å². The smallest absolute Gasteiger partial charge is 0.411 e. The second kappa shape index (κ2) is 8.24. The minimum absolute atomic E-state index is 0.00554. The van der Waals surface area contributed by atoms with E-state index in [9.17, 15) is 18.0 Å². The highest BCUT2D eigenvalue weighted by Gasteiger charge is 2.31. The van der Waals surface area contributed by atoms with Crippen LogP contribution in [0, 0.1) is 6.92 Å². The number of nitrogens with zero attached hydrogens (tertiary/aromatic N) is 2. The first-order chi connectivity index (χ1) is 13.2. The number of hydrogen-bond donors (Lipinski definition) is 1. The molecular formula is C18H13ClF3N3O2S. The number of hydrogen-bond acceptors (Lipinski definition) is 5. The number of alkyl halides is 3. The monoisotopic (exact) mass is 427 g/mol. The molecule has 0 unspecified atom stereocenters. The van der Waals surface area contributed by atoms with Crippen LogP contribution in [0.3, 0.4) is 0 Å². The van der Waals surface area contributed by atoms with Crippen molar-refractivity contribution in [3.05, 3.63) is 58.6 Å². The first-order valence-corrected chi connectivity index (χ1v) is 9.29. The Labute approximate surface area is 167 Å². The van der Waals surface area contributed by atoms with E-state index < -0.39 is 17.6 Å². The van der Waals surface area contributed by atoms with E-state index in [0.717, 1.165) is 41.1 Å². The van der Waals surface area contributed by atoms with Gasteiger partial charge in [0.1, 0.15) is 0 Å². The number of halogens is 4. The van der Waals surface area contributed by atoms with E-state index in [1.54, 1.807) is 0 Å². The number of carbonyl (C=O) groups excluding carboxylic acids is 1. The lowest BCUT2D eigenvalue weighted by molar-refractivity contribution is -0.137. The van der Waals surface area contributed by atoms with Gasteiger partial charge in [0.2, 0.25) is 11.8 Å². The number of nitrogens with one attached hydrogen (secondary N) is 1. The van der Waals surface area contributed by atoms with Crippen LogP contribution in [0.4, 0.5) is 18.9 Å². The van der Waals surface area contributed by atoms with Crippen molar-refractivity contribution in [2.45, 2.75) is 18.3 Å². The second-order valence-electron chi connectivity index (χ2n) is 5.72. The Morgan fingerprint density at radius 1 is 1.21 bits per heavy atom. The third-order valence-corrected chi connectivity index (χ3v) is 4.82. The number of aryl methyl sites for hydroxylation is 1. The van der Waals surface area contributed by atoms with Gasteiger partial charge < -0.3 is 9.73 Å². The Hall–Kier alpha value is -2.52. The molecule has 28 heavy (non-hydrogen) atoms. The first-order valence-electron chi connectivity index (χ1n) is 7.93. The molecule has 10 heteroatoms. The SMILES string of the molecule is Cc1ccccc1-c1nnc(SCC(=O)Nc2cc(C(F)(F)F)ccc2Cl)o1. The standard InChI is InChI=1S/C18H13ClF3N3O2S/c1-10-4-2-3-5-12(10)16-24-25-17(27-16)28-9-15(26)23-14-8-11(18(20,21)22)6-7-13(14)19/h2-8H,9H2,1H3,(H,23,26). The van der Waals surface area contributed by atoms with Gasteiger partial charge in [-0.25, -0.2) is 0 Å². The molecular weight excluding hydrogens is 415 g/mol. The third-order valence-electron chi connectivity index (χ3n) is 3.68. The highest BCUT2D eigenvalue weighted by molar-refractivity contribution is 7.99. The van der Waals surface area contributed by atoms with E-state index in [1.165, 1.54) is 0 Å². The number of carbonyl (C=O) groups is 1. The Morgan fingerprint density at radius 2 is 1.96 bits per heavy atom. The molecule has 3 aromatic rings. The number of aromatic nitrogens is 2. The Balaban J connectivity index is 1.63. The van der Waals surface area contributed by atoms with Crippen molar-refractivity contribution in [3.8, 4) is 11.5 Å². The van der Waals surface area contributed by atoms with Crippen LogP contribution < -0.4 is 5.32 Å². The lowest BCUT2D eigenvalue weighted by Gasteiger charge is -2.11. The van der Waals surface area contributed by atoms with Crippen LogP contribution in [0.2, 0.25) is 5.02 Å². The summed E-state index contributed by atoms with van der Waals surface area (Å²) in [5.74, 6) is -0.370. The summed E-state index contributed by atoms with van der Waals surface area (Å²) in [4.78, 5) is 12.1. The average Bonchev–Trinajstić information content (AvgIpc) is 3.10. The topological polar surface area (TPSA) is 68.0 Å². The van der Waals surface area contributed by atoms with Crippen LogP contribution in [0.15, 0.2) is 52.1 Å². The number of anilines is 1. The number of amides is 1. The number of thioether (sulfide) groups is 1. The molecule has 0 saturated heterocycles. The van der Waals surface area contributed by atoms with Gasteiger partial charge in [-0.15, -0.1) is 10.2 Å². The maximum atomic E-state index is 12.8. The van der Waals surface area contributed by atoms with E-state index in [1.807, 2.05) is 31.2 Å². The lowest BCUT2D eigenvalue weighted by atomic mass is 10.1. The van der Waals surface area contributed by atoms with Gasteiger partial charge in [0.05, 0.1) is 22.0 Å². The molecule has 1 aromatic heterocycles. The molecule has 1 N–H and O–H groups in total. The maximum absolute atomic E-state index is 12.8. The van der Waals surface area contributed by atoms with E-state index >= 15 is 0 Å². The van der Waals surface area contributed by atoms with Crippen molar-refractivity contribution >= 4 is 35.0 Å². The summed E-state index contributed by atoms with van der Waals surface area (Å²) in [5.41, 5.74) is 0.717. The first kappa shape index (κ1) is 20.2. The largest absolute Gasteiger partial charge is 0.416 e. The van der Waals surface area contributed by atoms with Crippen molar-refractivity contribution < 1.29 is 22.4 Å². The molecule has 0 spiro atoms.